The number of hydrogen-bond acceptors (Lipinski definition) is 4. The molecule has 0 atom stereocenters. The summed E-state index contributed by atoms with van der Waals surface area (Å²) >= 11 is 0. The van der Waals surface area contributed by atoms with Gasteiger partial charge in [-0.05, 0) is 40.5 Å². The normalized spacial score (nSPS) is 21.6. The van der Waals surface area contributed by atoms with E-state index < -0.39 is 32.1 Å². The number of nitrogens with zero attached hydrogens (tertiary/aromatic N) is 1. The Bertz CT molecular complexity index is 478. The lowest BCUT2D eigenvalue weighted by Gasteiger charge is -2.43. The minimum atomic E-state index is -3.55. The van der Waals surface area contributed by atoms with Crippen LogP contribution in [0.3, 0.4) is 0 Å². The van der Waals surface area contributed by atoms with Crippen LogP contribution in [0.2, 0.25) is 0 Å². The zero-order valence-corrected chi connectivity index (χ0v) is 11.9. The van der Waals surface area contributed by atoms with E-state index in [4.69, 9.17) is 5.11 Å². The van der Waals surface area contributed by atoms with E-state index in [0.717, 1.165) is 4.31 Å². The Labute approximate surface area is 107 Å². The van der Waals surface area contributed by atoms with Crippen LogP contribution in [0.25, 0.3) is 0 Å². The van der Waals surface area contributed by atoms with E-state index in [9.17, 15) is 18.0 Å². The zero-order valence-electron chi connectivity index (χ0n) is 11.1. The predicted molar refractivity (Wildman–Crippen MR) is 65.4 cm³/mol. The lowest BCUT2D eigenvalue weighted by atomic mass is 9.88. The van der Waals surface area contributed by atoms with Gasteiger partial charge in [-0.3, -0.25) is 9.59 Å². The van der Waals surface area contributed by atoms with Crippen molar-refractivity contribution < 1.29 is 23.1 Å². The maximum atomic E-state index is 11.8. The number of amides is 1. The fourth-order valence-electron chi connectivity index (χ4n) is 1.75. The molecule has 0 aromatic heterocycles. The highest BCUT2D eigenvalue weighted by molar-refractivity contribution is 7.94. The van der Waals surface area contributed by atoms with Crippen molar-refractivity contribution >= 4 is 21.9 Å². The number of hydrogen-bond donors (Lipinski definition) is 1. The first-order valence-electron chi connectivity index (χ1n) is 5.75. The van der Waals surface area contributed by atoms with Crippen molar-refractivity contribution in [2.75, 3.05) is 6.54 Å². The van der Waals surface area contributed by atoms with Gasteiger partial charge in [0.25, 0.3) is 15.9 Å². The van der Waals surface area contributed by atoms with Crippen LogP contribution >= 0.6 is 0 Å². The Morgan fingerprint density at radius 1 is 1.39 bits per heavy atom. The maximum Gasteiger partial charge on any atom is 0.309 e. The molecule has 1 amide bonds. The van der Waals surface area contributed by atoms with Crippen molar-refractivity contribution in [1.29, 1.82) is 0 Å². The number of carboxylic acids is 1. The number of carbonyl (C=O) groups is 2. The number of rotatable bonds is 5. The third-order valence-electron chi connectivity index (χ3n) is 3.42. The monoisotopic (exact) mass is 277 g/mol. The fourth-order valence-corrected chi connectivity index (χ4v) is 3.32. The Hall–Kier alpha value is -1.11. The van der Waals surface area contributed by atoms with Crippen molar-refractivity contribution in [2.24, 2.45) is 5.41 Å². The molecular weight excluding hydrogens is 258 g/mol. The van der Waals surface area contributed by atoms with E-state index in [1.807, 2.05) is 0 Å². The molecule has 1 N–H and O–H groups in total. The molecule has 1 fully saturated rings. The minimum absolute atomic E-state index is 0.0569. The number of carboxylic acid groups (broad SMARTS) is 1. The third kappa shape index (κ3) is 2.11. The average molecular weight is 277 g/mol. The molecular formula is C11H19NO5S. The van der Waals surface area contributed by atoms with Crippen LogP contribution in [-0.4, -0.2) is 41.0 Å². The van der Waals surface area contributed by atoms with Crippen LogP contribution in [0.15, 0.2) is 0 Å². The Balaban J connectivity index is 2.58. The van der Waals surface area contributed by atoms with Crippen molar-refractivity contribution in [2.45, 2.75) is 45.3 Å². The van der Waals surface area contributed by atoms with Crippen molar-refractivity contribution in [1.82, 2.24) is 4.31 Å². The lowest BCUT2D eigenvalue weighted by Crippen LogP contribution is -2.67. The highest BCUT2D eigenvalue weighted by atomic mass is 32.2. The summed E-state index contributed by atoms with van der Waals surface area (Å²) in [4.78, 5) is 22.5. The van der Waals surface area contributed by atoms with Gasteiger partial charge >= 0.3 is 5.97 Å². The van der Waals surface area contributed by atoms with Gasteiger partial charge in [-0.15, -0.1) is 0 Å². The largest absolute Gasteiger partial charge is 0.481 e. The average Bonchev–Trinajstić information content (AvgIpc) is 2.22. The topological polar surface area (TPSA) is 91.8 Å². The lowest BCUT2D eigenvalue weighted by molar-refractivity contribution is -0.147. The molecule has 0 spiro atoms. The van der Waals surface area contributed by atoms with Crippen LogP contribution in [0.4, 0.5) is 0 Å². The van der Waals surface area contributed by atoms with E-state index in [1.54, 1.807) is 13.8 Å². The second-order valence-corrected chi connectivity index (χ2v) is 8.10. The number of sulfonamides is 1. The summed E-state index contributed by atoms with van der Waals surface area (Å²) in [7, 11) is -3.55. The van der Waals surface area contributed by atoms with Gasteiger partial charge in [-0.1, -0.05) is 0 Å². The van der Waals surface area contributed by atoms with Crippen LogP contribution in [0.1, 0.15) is 40.5 Å². The second kappa shape index (κ2) is 4.22. The van der Waals surface area contributed by atoms with E-state index in [2.05, 4.69) is 0 Å². The maximum absolute atomic E-state index is 11.8. The molecule has 0 aromatic carbocycles. The quantitative estimate of drug-likeness (QED) is 0.803. The van der Waals surface area contributed by atoms with Gasteiger partial charge < -0.3 is 5.11 Å². The van der Waals surface area contributed by atoms with Gasteiger partial charge in [-0.2, -0.15) is 0 Å². The molecule has 0 radical (unpaired) electrons. The molecule has 0 saturated carbocycles. The minimum Gasteiger partial charge on any atom is -0.481 e. The summed E-state index contributed by atoms with van der Waals surface area (Å²) in [5, 5.41) is 8.92. The molecule has 18 heavy (non-hydrogen) atoms. The molecule has 1 aliphatic rings. The molecule has 6 nitrogen and oxygen atoms in total. The fraction of sp³-hybridized carbons (Fsp3) is 0.818. The number of carbonyl (C=O) groups excluding carboxylic acids is 1. The van der Waals surface area contributed by atoms with Gasteiger partial charge in [0.1, 0.15) is 0 Å². The summed E-state index contributed by atoms with van der Waals surface area (Å²) in [6, 6.07) is 0. The highest BCUT2D eigenvalue weighted by Gasteiger charge is 2.59. The van der Waals surface area contributed by atoms with E-state index in [0.29, 0.717) is 12.8 Å². The van der Waals surface area contributed by atoms with Gasteiger partial charge in [-0.25, -0.2) is 12.7 Å². The summed E-state index contributed by atoms with van der Waals surface area (Å²) in [5.41, 5.74) is -0.910. The Morgan fingerprint density at radius 2 is 1.89 bits per heavy atom. The summed E-state index contributed by atoms with van der Waals surface area (Å²) in [5.74, 6) is -1.35. The molecule has 1 saturated heterocycles. The zero-order chi connectivity index (χ0) is 14.4. The summed E-state index contributed by atoms with van der Waals surface area (Å²) in [6.07, 6.45) is 0.669. The van der Waals surface area contributed by atoms with Crippen LogP contribution in [-0.2, 0) is 19.6 Å². The third-order valence-corrected chi connectivity index (χ3v) is 5.81. The van der Waals surface area contributed by atoms with Crippen LogP contribution < -0.4 is 0 Å². The van der Waals surface area contributed by atoms with Gasteiger partial charge in [0.15, 0.2) is 4.75 Å². The standard InChI is InChI=1S/C11H19NO5S/c1-10(2,9(14)15)6-5-7-12-8(13)11(3,4)18(12,16)17/h5-7H2,1-4H3,(H,14,15). The first-order chi connectivity index (χ1) is 7.94. The Morgan fingerprint density at radius 3 is 2.28 bits per heavy atom. The van der Waals surface area contributed by atoms with Gasteiger partial charge in [0, 0.05) is 6.54 Å². The van der Waals surface area contributed by atoms with E-state index in [1.165, 1.54) is 13.8 Å². The molecule has 104 valence electrons. The van der Waals surface area contributed by atoms with E-state index in [-0.39, 0.29) is 6.54 Å². The van der Waals surface area contributed by atoms with E-state index >= 15 is 0 Å². The molecule has 1 rings (SSSR count). The van der Waals surface area contributed by atoms with Crippen molar-refractivity contribution in [3.63, 3.8) is 0 Å². The van der Waals surface area contributed by atoms with Gasteiger partial charge in [0.2, 0.25) is 0 Å². The smallest absolute Gasteiger partial charge is 0.309 e. The Kier molecular flexibility index (Phi) is 3.51. The summed E-state index contributed by atoms with van der Waals surface area (Å²) < 4.78 is 23.0. The van der Waals surface area contributed by atoms with Crippen LogP contribution in [0, 0.1) is 5.41 Å². The molecule has 0 aromatic rings. The molecule has 7 heteroatoms. The molecule has 1 aliphatic heterocycles. The number of aliphatic carboxylic acids is 1. The van der Waals surface area contributed by atoms with Gasteiger partial charge in [0.05, 0.1) is 5.41 Å². The second-order valence-electron chi connectivity index (χ2n) is 5.69. The van der Waals surface area contributed by atoms with Crippen molar-refractivity contribution in [3.05, 3.63) is 0 Å². The van der Waals surface area contributed by atoms with Crippen LogP contribution in [0.5, 0.6) is 0 Å². The summed E-state index contributed by atoms with van der Waals surface area (Å²) in [6.45, 7) is 5.96. The SMILES string of the molecule is CC(C)(CCCN1C(=O)C(C)(C)S1(=O)=O)C(=O)O. The molecule has 1 heterocycles. The first-order valence-corrected chi connectivity index (χ1v) is 7.19. The van der Waals surface area contributed by atoms with Crippen molar-refractivity contribution in [3.8, 4) is 0 Å². The molecule has 0 unspecified atom stereocenters. The first kappa shape index (κ1) is 14.9. The highest BCUT2D eigenvalue weighted by Crippen LogP contribution is 2.35. The molecule has 0 bridgehead atoms. The predicted octanol–water partition coefficient (Wildman–Crippen LogP) is 0.828. The molecule has 0 aliphatic carbocycles.